The summed E-state index contributed by atoms with van der Waals surface area (Å²) in [5.74, 6) is 0.966. The molecule has 0 spiro atoms. The minimum Gasteiger partial charge on any atom is -0.311 e. The summed E-state index contributed by atoms with van der Waals surface area (Å²) in [5.41, 5.74) is 1.50. The van der Waals surface area contributed by atoms with E-state index < -0.39 is 0 Å². The average Bonchev–Trinajstić information content (AvgIpc) is 3.41. The summed E-state index contributed by atoms with van der Waals surface area (Å²) >= 11 is 0. The smallest absolute Gasteiger partial charge is 0.0476 e. The van der Waals surface area contributed by atoms with Crippen molar-refractivity contribution in [2.24, 2.45) is 5.92 Å². The molecule has 0 amide bonds. The molecule has 1 aromatic carbocycles. The highest BCUT2D eigenvalue weighted by molar-refractivity contribution is 5.21. The van der Waals surface area contributed by atoms with Crippen LogP contribution in [-0.2, 0) is 0 Å². The van der Waals surface area contributed by atoms with Gasteiger partial charge in [-0.3, -0.25) is 4.90 Å². The van der Waals surface area contributed by atoms with Crippen molar-refractivity contribution in [1.29, 1.82) is 0 Å². The van der Waals surface area contributed by atoms with Crippen LogP contribution in [0.3, 0.4) is 0 Å². The van der Waals surface area contributed by atoms with Gasteiger partial charge in [-0.05, 0) is 37.2 Å². The van der Waals surface area contributed by atoms with Crippen molar-refractivity contribution in [2.75, 3.05) is 13.1 Å². The zero-order valence-corrected chi connectivity index (χ0v) is 13.0. The predicted octanol–water partition coefficient (Wildman–Crippen LogP) is 3.74. The zero-order chi connectivity index (χ0) is 14.1. The van der Waals surface area contributed by atoms with Crippen LogP contribution < -0.4 is 5.32 Å². The monoisotopic (exact) mass is 284 g/mol. The second-order valence-corrected chi connectivity index (χ2v) is 7.27. The number of nitrogens with one attached hydrogen (secondary N) is 1. The van der Waals surface area contributed by atoms with Crippen LogP contribution in [-0.4, -0.2) is 30.1 Å². The van der Waals surface area contributed by atoms with Crippen LogP contribution in [0.25, 0.3) is 0 Å². The van der Waals surface area contributed by atoms with Gasteiger partial charge in [0.2, 0.25) is 0 Å². The summed E-state index contributed by atoms with van der Waals surface area (Å²) in [7, 11) is 0. The topological polar surface area (TPSA) is 15.3 Å². The first-order valence-corrected chi connectivity index (χ1v) is 8.96. The SMILES string of the molecule is c1ccc(C2CNC(C3CC3)CN2C2CCCCC2)cc1. The Labute approximate surface area is 128 Å². The van der Waals surface area contributed by atoms with Gasteiger partial charge in [0.25, 0.3) is 0 Å². The third kappa shape index (κ3) is 3.02. The van der Waals surface area contributed by atoms with Crippen LogP contribution in [0.1, 0.15) is 56.6 Å². The first-order chi connectivity index (χ1) is 10.4. The van der Waals surface area contributed by atoms with Gasteiger partial charge in [0, 0.05) is 31.2 Å². The molecule has 114 valence electrons. The Hall–Kier alpha value is -0.860. The van der Waals surface area contributed by atoms with Crippen molar-refractivity contribution in [2.45, 2.75) is 63.1 Å². The molecule has 21 heavy (non-hydrogen) atoms. The lowest BCUT2D eigenvalue weighted by Gasteiger charge is -2.46. The van der Waals surface area contributed by atoms with Gasteiger partial charge in [-0.2, -0.15) is 0 Å². The molecule has 1 N–H and O–H groups in total. The Morgan fingerprint density at radius 3 is 2.38 bits per heavy atom. The summed E-state index contributed by atoms with van der Waals surface area (Å²) in [4.78, 5) is 2.87. The Morgan fingerprint density at radius 1 is 0.905 bits per heavy atom. The third-order valence-electron chi connectivity index (χ3n) is 5.80. The largest absolute Gasteiger partial charge is 0.311 e. The number of nitrogens with zero attached hydrogens (tertiary/aromatic N) is 1. The van der Waals surface area contributed by atoms with E-state index in [1.807, 2.05) is 0 Å². The second kappa shape index (κ2) is 6.10. The van der Waals surface area contributed by atoms with Crippen LogP contribution in [0, 0.1) is 5.92 Å². The van der Waals surface area contributed by atoms with E-state index in [0.717, 1.165) is 24.5 Å². The fourth-order valence-corrected chi connectivity index (χ4v) is 4.41. The summed E-state index contributed by atoms with van der Waals surface area (Å²) in [6.45, 7) is 2.41. The molecule has 2 unspecified atom stereocenters. The van der Waals surface area contributed by atoms with Crippen molar-refractivity contribution >= 4 is 0 Å². The van der Waals surface area contributed by atoms with Crippen molar-refractivity contribution in [1.82, 2.24) is 10.2 Å². The van der Waals surface area contributed by atoms with E-state index in [4.69, 9.17) is 0 Å². The first-order valence-electron chi connectivity index (χ1n) is 8.96. The third-order valence-corrected chi connectivity index (χ3v) is 5.80. The fourth-order valence-electron chi connectivity index (χ4n) is 4.41. The highest BCUT2D eigenvalue weighted by Gasteiger charge is 2.39. The molecular formula is C19H28N2. The molecule has 1 aliphatic heterocycles. The Bertz CT molecular complexity index is 448. The molecule has 2 saturated carbocycles. The normalized spacial score (nSPS) is 32.2. The van der Waals surface area contributed by atoms with Gasteiger partial charge in [-0.1, -0.05) is 49.6 Å². The number of rotatable bonds is 3. The van der Waals surface area contributed by atoms with Gasteiger partial charge >= 0.3 is 0 Å². The molecule has 1 heterocycles. The molecule has 2 nitrogen and oxygen atoms in total. The maximum atomic E-state index is 3.86. The van der Waals surface area contributed by atoms with E-state index in [0.29, 0.717) is 6.04 Å². The van der Waals surface area contributed by atoms with Crippen molar-refractivity contribution in [3.8, 4) is 0 Å². The molecule has 0 aromatic heterocycles. The quantitative estimate of drug-likeness (QED) is 0.909. The predicted molar refractivity (Wildman–Crippen MR) is 87.3 cm³/mol. The maximum absolute atomic E-state index is 3.86. The van der Waals surface area contributed by atoms with Gasteiger partial charge in [0.1, 0.15) is 0 Å². The minimum atomic E-state index is 0.587. The lowest BCUT2D eigenvalue weighted by Crippen LogP contribution is -2.56. The lowest BCUT2D eigenvalue weighted by molar-refractivity contribution is 0.0563. The molecule has 2 atom stereocenters. The molecule has 2 aliphatic carbocycles. The molecule has 3 fully saturated rings. The number of hydrogen-bond donors (Lipinski definition) is 1. The van der Waals surface area contributed by atoms with E-state index in [1.54, 1.807) is 0 Å². The molecule has 1 saturated heterocycles. The number of hydrogen-bond acceptors (Lipinski definition) is 2. The Balaban J connectivity index is 1.55. The van der Waals surface area contributed by atoms with Crippen LogP contribution >= 0.6 is 0 Å². The van der Waals surface area contributed by atoms with Gasteiger partial charge in [-0.25, -0.2) is 0 Å². The molecule has 3 aliphatic rings. The maximum Gasteiger partial charge on any atom is 0.0476 e. The minimum absolute atomic E-state index is 0.587. The van der Waals surface area contributed by atoms with Gasteiger partial charge in [0.15, 0.2) is 0 Å². The first kappa shape index (κ1) is 13.8. The summed E-state index contributed by atoms with van der Waals surface area (Å²) < 4.78 is 0. The van der Waals surface area contributed by atoms with E-state index in [2.05, 4.69) is 40.5 Å². The van der Waals surface area contributed by atoms with Crippen LogP contribution in [0.5, 0.6) is 0 Å². The highest BCUT2D eigenvalue weighted by atomic mass is 15.3. The molecular weight excluding hydrogens is 256 g/mol. The van der Waals surface area contributed by atoms with Gasteiger partial charge in [0.05, 0.1) is 0 Å². The highest BCUT2D eigenvalue weighted by Crippen LogP contribution is 2.38. The van der Waals surface area contributed by atoms with Gasteiger partial charge < -0.3 is 5.32 Å². The van der Waals surface area contributed by atoms with E-state index in [-0.39, 0.29) is 0 Å². The van der Waals surface area contributed by atoms with Crippen molar-refractivity contribution in [3.63, 3.8) is 0 Å². The van der Waals surface area contributed by atoms with Crippen LogP contribution in [0.15, 0.2) is 30.3 Å². The van der Waals surface area contributed by atoms with Crippen LogP contribution in [0.4, 0.5) is 0 Å². The second-order valence-electron chi connectivity index (χ2n) is 7.27. The Kier molecular flexibility index (Phi) is 4.00. The van der Waals surface area contributed by atoms with E-state index in [9.17, 15) is 0 Å². The van der Waals surface area contributed by atoms with Gasteiger partial charge in [-0.15, -0.1) is 0 Å². The zero-order valence-electron chi connectivity index (χ0n) is 13.0. The summed E-state index contributed by atoms with van der Waals surface area (Å²) in [6, 6.07) is 13.3. The van der Waals surface area contributed by atoms with Crippen molar-refractivity contribution in [3.05, 3.63) is 35.9 Å². The van der Waals surface area contributed by atoms with Crippen LogP contribution in [0.2, 0.25) is 0 Å². The molecule has 2 heteroatoms. The Morgan fingerprint density at radius 2 is 1.67 bits per heavy atom. The molecule has 4 rings (SSSR count). The fraction of sp³-hybridized carbons (Fsp3) is 0.684. The van der Waals surface area contributed by atoms with E-state index in [1.165, 1.54) is 57.1 Å². The molecule has 0 radical (unpaired) electrons. The molecule has 0 bridgehead atoms. The van der Waals surface area contributed by atoms with E-state index >= 15 is 0 Å². The molecule has 1 aromatic rings. The summed E-state index contributed by atoms with van der Waals surface area (Å²) in [5, 5.41) is 3.86. The number of benzene rings is 1. The standard InChI is InChI=1S/C19H28N2/c1-3-7-16(8-4-1)19-13-20-18(15-11-12-15)14-21(19)17-9-5-2-6-10-17/h1,3-4,7-8,15,17-20H,2,5-6,9-14H2. The summed E-state index contributed by atoms with van der Waals surface area (Å²) in [6.07, 6.45) is 10.1. The van der Waals surface area contributed by atoms with Crippen molar-refractivity contribution < 1.29 is 0 Å². The lowest BCUT2D eigenvalue weighted by atomic mass is 9.89. The number of piperazine rings is 1. The average molecular weight is 284 g/mol.